The lowest BCUT2D eigenvalue weighted by Gasteiger charge is -2.37. The lowest BCUT2D eigenvalue weighted by Crippen LogP contribution is -2.47. The molecule has 0 unspecified atom stereocenters. The summed E-state index contributed by atoms with van der Waals surface area (Å²) in [5.74, 6) is 0.380. The highest BCUT2D eigenvalue weighted by Crippen LogP contribution is 2.33. The van der Waals surface area contributed by atoms with E-state index in [1.54, 1.807) is 7.11 Å². The van der Waals surface area contributed by atoms with Crippen LogP contribution in [0.5, 0.6) is 5.75 Å². The Morgan fingerprint density at radius 3 is 2.09 bits per heavy atom. The Morgan fingerprint density at radius 1 is 0.812 bits per heavy atom. The van der Waals surface area contributed by atoms with Gasteiger partial charge in [0.15, 0.2) is 0 Å². The summed E-state index contributed by atoms with van der Waals surface area (Å²) in [6, 6.07) is 17.7. The number of nitrogens with zero attached hydrogens (tertiary/aromatic N) is 3. The molecule has 0 aromatic heterocycles. The molecule has 1 saturated heterocycles. The van der Waals surface area contributed by atoms with Crippen LogP contribution in [0.4, 0.5) is 5.69 Å². The molecule has 2 aromatic rings. The molecule has 0 N–H and O–H groups in total. The quantitative estimate of drug-likeness (QED) is 0.468. The summed E-state index contributed by atoms with van der Waals surface area (Å²) >= 11 is 0. The van der Waals surface area contributed by atoms with Crippen molar-refractivity contribution in [2.75, 3.05) is 44.7 Å². The highest BCUT2D eigenvalue weighted by Gasteiger charge is 2.41. The molecule has 2 heterocycles. The van der Waals surface area contributed by atoms with E-state index < -0.39 is 0 Å². The average molecular weight is 434 g/mol. The van der Waals surface area contributed by atoms with Crippen LogP contribution in [0.15, 0.2) is 60.3 Å². The molecule has 1 fully saturated rings. The van der Waals surface area contributed by atoms with Crippen LogP contribution in [-0.2, 0) is 9.59 Å². The minimum absolute atomic E-state index is 0.162. The van der Waals surface area contributed by atoms with Gasteiger partial charge in [-0.1, -0.05) is 50.1 Å². The number of para-hydroxylation sites is 1. The number of carbonyl (C=O) groups is 2. The normalized spacial score (nSPS) is 16.9. The molecule has 32 heavy (non-hydrogen) atoms. The summed E-state index contributed by atoms with van der Waals surface area (Å²) in [5, 5.41) is 0. The van der Waals surface area contributed by atoms with Crippen LogP contribution in [0, 0.1) is 0 Å². The van der Waals surface area contributed by atoms with Crippen molar-refractivity contribution in [1.29, 1.82) is 0 Å². The number of ether oxygens (including phenoxy) is 1. The highest BCUT2D eigenvalue weighted by molar-refractivity contribution is 6.35. The summed E-state index contributed by atoms with van der Waals surface area (Å²) in [5.41, 5.74) is 3.01. The second kappa shape index (κ2) is 9.90. The highest BCUT2D eigenvalue weighted by atomic mass is 16.5. The first kappa shape index (κ1) is 21.9. The predicted molar refractivity (Wildman–Crippen MR) is 126 cm³/mol. The molecule has 2 aromatic carbocycles. The van der Waals surface area contributed by atoms with Crippen LogP contribution in [0.3, 0.4) is 0 Å². The van der Waals surface area contributed by atoms with Gasteiger partial charge in [0.2, 0.25) is 0 Å². The van der Waals surface area contributed by atoms with Gasteiger partial charge in [0.05, 0.1) is 12.7 Å². The molecule has 0 bridgehead atoms. The number of amides is 2. The molecule has 4 rings (SSSR count). The van der Waals surface area contributed by atoms with Crippen molar-refractivity contribution in [3.8, 4) is 5.75 Å². The number of imide groups is 1. The number of anilines is 1. The predicted octanol–water partition coefficient (Wildman–Crippen LogP) is 3.79. The molecule has 0 aliphatic carbocycles. The number of piperazine rings is 1. The molecular weight excluding hydrogens is 402 g/mol. The monoisotopic (exact) mass is 433 g/mol. The molecule has 2 aliphatic rings. The number of methoxy groups -OCH3 is 1. The molecule has 0 atom stereocenters. The maximum Gasteiger partial charge on any atom is 0.277 e. The van der Waals surface area contributed by atoms with E-state index in [9.17, 15) is 9.59 Å². The van der Waals surface area contributed by atoms with Crippen molar-refractivity contribution in [2.45, 2.75) is 26.2 Å². The van der Waals surface area contributed by atoms with Gasteiger partial charge in [0.25, 0.3) is 11.8 Å². The third-order valence-electron chi connectivity index (χ3n) is 6.22. The first-order chi connectivity index (χ1) is 15.6. The van der Waals surface area contributed by atoms with E-state index in [1.807, 2.05) is 42.5 Å². The third kappa shape index (κ3) is 4.35. The maximum atomic E-state index is 13.4. The van der Waals surface area contributed by atoms with Gasteiger partial charge < -0.3 is 14.5 Å². The van der Waals surface area contributed by atoms with Crippen LogP contribution in [0.25, 0.3) is 5.57 Å². The van der Waals surface area contributed by atoms with Crippen LogP contribution < -0.4 is 9.64 Å². The maximum absolute atomic E-state index is 13.4. The van der Waals surface area contributed by atoms with Gasteiger partial charge in [0, 0.05) is 38.4 Å². The number of carbonyl (C=O) groups excluding carboxylic acids is 2. The number of hydrogen-bond acceptors (Lipinski definition) is 5. The second-order valence-corrected chi connectivity index (χ2v) is 8.23. The third-order valence-corrected chi connectivity index (χ3v) is 6.22. The smallest absolute Gasteiger partial charge is 0.277 e. The van der Waals surface area contributed by atoms with Gasteiger partial charge >= 0.3 is 0 Å². The summed E-state index contributed by atoms with van der Waals surface area (Å²) in [4.78, 5) is 32.7. The van der Waals surface area contributed by atoms with E-state index in [4.69, 9.17) is 4.74 Å². The van der Waals surface area contributed by atoms with Gasteiger partial charge in [-0.25, -0.2) is 0 Å². The van der Waals surface area contributed by atoms with Gasteiger partial charge in [-0.3, -0.25) is 14.5 Å². The Kier molecular flexibility index (Phi) is 6.78. The Morgan fingerprint density at radius 2 is 1.47 bits per heavy atom. The fraction of sp³-hybridized carbons (Fsp3) is 0.385. The van der Waals surface area contributed by atoms with Gasteiger partial charge in [-0.15, -0.1) is 0 Å². The van der Waals surface area contributed by atoms with Crippen molar-refractivity contribution >= 4 is 23.1 Å². The number of hydrogen-bond donors (Lipinski definition) is 0. The lowest BCUT2D eigenvalue weighted by atomic mass is 10.0. The van der Waals surface area contributed by atoms with Gasteiger partial charge in [-0.2, -0.15) is 0 Å². The Balaban J connectivity index is 1.61. The Labute approximate surface area is 190 Å². The van der Waals surface area contributed by atoms with E-state index in [0.29, 0.717) is 30.9 Å². The SMILES string of the molecule is CCCCCN1C(=O)C(c2ccc(OC)cc2)=C(N2CCN(c3ccccc3)CC2)C1=O. The molecule has 0 spiro atoms. The summed E-state index contributed by atoms with van der Waals surface area (Å²) in [6.45, 7) is 5.60. The number of benzene rings is 2. The fourth-order valence-electron chi connectivity index (χ4n) is 4.42. The Bertz CT molecular complexity index is 977. The van der Waals surface area contributed by atoms with E-state index in [-0.39, 0.29) is 11.8 Å². The van der Waals surface area contributed by atoms with Crippen molar-refractivity contribution in [2.24, 2.45) is 0 Å². The second-order valence-electron chi connectivity index (χ2n) is 8.23. The molecule has 6 heteroatoms. The standard InChI is InChI=1S/C26H31N3O3/c1-3-4-8-15-29-25(30)23(20-11-13-22(32-2)14-12-20)24(26(29)31)28-18-16-27(17-19-28)21-9-6-5-7-10-21/h5-7,9-14H,3-4,8,15-19H2,1-2H3. The van der Waals surface area contributed by atoms with E-state index in [0.717, 1.165) is 43.7 Å². The van der Waals surface area contributed by atoms with Gasteiger partial charge in [0.1, 0.15) is 11.4 Å². The largest absolute Gasteiger partial charge is 0.497 e. The zero-order valence-corrected chi connectivity index (χ0v) is 18.9. The van der Waals surface area contributed by atoms with Gasteiger partial charge in [-0.05, 0) is 36.2 Å². The molecule has 168 valence electrons. The molecule has 6 nitrogen and oxygen atoms in total. The summed E-state index contributed by atoms with van der Waals surface area (Å²) in [6.07, 6.45) is 2.88. The van der Waals surface area contributed by atoms with Crippen molar-refractivity contribution in [3.63, 3.8) is 0 Å². The van der Waals surface area contributed by atoms with Crippen molar-refractivity contribution in [3.05, 3.63) is 65.9 Å². The average Bonchev–Trinajstić information content (AvgIpc) is 3.09. The zero-order valence-electron chi connectivity index (χ0n) is 18.9. The first-order valence-corrected chi connectivity index (χ1v) is 11.4. The molecule has 0 radical (unpaired) electrons. The van der Waals surface area contributed by atoms with Crippen LogP contribution in [-0.4, -0.2) is 61.4 Å². The summed E-state index contributed by atoms with van der Waals surface area (Å²) in [7, 11) is 1.62. The Hall–Kier alpha value is -3.28. The van der Waals surface area contributed by atoms with E-state index in [2.05, 4.69) is 28.9 Å². The van der Waals surface area contributed by atoms with Crippen LogP contribution in [0.2, 0.25) is 0 Å². The summed E-state index contributed by atoms with van der Waals surface area (Å²) < 4.78 is 5.27. The molecule has 2 amide bonds. The van der Waals surface area contributed by atoms with Crippen LogP contribution >= 0.6 is 0 Å². The number of unbranched alkanes of at least 4 members (excludes halogenated alkanes) is 2. The zero-order chi connectivity index (χ0) is 22.5. The lowest BCUT2D eigenvalue weighted by molar-refractivity contribution is -0.137. The molecule has 0 saturated carbocycles. The van der Waals surface area contributed by atoms with E-state index >= 15 is 0 Å². The number of rotatable bonds is 8. The first-order valence-electron chi connectivity index (χ1n) is 11.4. The molecular formula is C26H31N3O3. The minimum atomic E-state index is -0.184. The van der Waals surface area contributed by atoms with E-state index in [1.165, 1.54) is 10.6 Å². The minimum Gasteiger partial charge on any atom is -0.497 e. The molecule has 2 aliphatic heterocycles. The van der Waals surface area contributed by atoms with Crippen molar-refractivity contribution in [1.82, 2.24) is 9.80 Å². The van der Waals surface area contributed by atoms with Crippen molar-refractivity contribution < 1.29 is 14.3 Å². The topological polar surface area (TPSA) is 53.1 Å². The fourth-order valence-corrected chi connectivity index (χ4v) is 4.42. The van der Waals surface area contributed by atoms with Crippen LogP contribution in [0.1, 0.15) is 31.7 Å².